The maximum absolute atomic E-state index is 13.8. The molecule has 206 valence electrons. The molecule has 0 aliphatic carbocycles. The maximum Gasteiger partial charge on any atom is 0.246 e. The topological polar surface area (TPSA) is 130 Å². The number of hydrogen-bond donors (Lipinski definition) is 3. The van der Waals surface area contributed by atoms with Crippen molar-refractivity contribution < 1.29 is 9.18 Å². The van der Waals surface area contributed by atoms with Crippen molar-refractivity contribution in [1.82, 2.24) is 38.4 Å². The molecule has 1 saturated heterocycles. The highest BCUT2D eigenvalue weighted by Gasteiger charge is 2.16. The highest BCUT2D eigenvalue weighted by molar-refractivity contribution is 7.10. The van der Waals surface area contributed by atoms with Crippen LogP contribution in [0.15, 0.2) is 49.3 Å². The number of aromatic nitrogens is 7. The van der Waals surface area contributed by atoms with E-state index in [1.165, 1.54) is 47.7 Å². The number of hydrogen-bond acceptors (Lipinski definition) is 10. The van der Waals surface area contributed by atoms with Crippen LogP contribution in [0, 0.1) is 12.7 Å². The number of amides is 1. The summed E-state index contributed by atoms with van der Waals surface area (Å²) in [5.41, 5.74) is 3.26. The molecule has 1 fully saturated rings. The van der Waals surface area contributed by atoms with Crippen LogP contribution < -0.4 is 16.0 Å². The van der Waals surface area contributed by atoms with Gasteiger partial charge in [-0.15, -0.1) is 0 Å². The standard InChI is InChI=1S/C26H28FN11OS/c1-17-13-38-22(32-19-10-30-37(15-19)16-23(39)33-21-5-6-28-11-20(21)27)12-29-26(38)25(31-17)34-24-9-18(35-40-24)14-36-7-3-2-4-8-36/h5-6,9-13,15,32H,2-4,7-8,14,16H2,1H3,(H,31,34)(H,28,33,39). The summed E-state index contributed by atoms with van der Waals surface area (Å²) in [6, 6.07) is 3.48. The largest absolute Gasteiger partial charge is 0.337 e. The monoisotopic (exact) mass is 561 g/mol. The van der Waals surface area contributed by atoms with E-state index in [4.69, 9.17) is 0 Å². The van der Waals surface area contributed by atoms with Crippen molar-refractivity contribution >= 4 is 51.1 Å². The molecule has 1 amide bonds. The number of piperidine rings is 1. The van der Waals surface area contributed by atoms with Crippen molar-refractivity contribution in [2.45, 2.75) is 39.3 Å². The lowest BCUT2D eigenvalue weighted by Crippen LogP contribution is -2.29. The Morgan fingerprint density at radius 3 is 2.85 bits per heavy atom. The van der Waals surface area contributed by atoms with Crippen molar-refractivity contribution in [2.75, 3.05) is 29.0 Å². The molecule has 5 aromatic heterocycles. The number of fused-ring (bicyclic) bond motifs is 1. The molecular weight excluding hydrogens is 533 g/mol. The van der Waals surface area contributed by atoms with E-state index in [-0.39, 0.29) is 12.2 Å². The molecule has 0 unspecified atom stereocenters. The number of aryl methyl sites for hydroxylation is 1. The van der Waals surface area contributed by atoms with E-state index in [0.717, 1.165) is 42.2 Å². The number of halogens is 1. The van der Waals surface area contributed by atoms with E-state index >= 15 is 0 Å². The van der Waals surface area contributed by atoms with Crippen molar-refractivity contribution in [3.05, 3.63) is 66.5 Å². The van der Waals surface area contributed by atoms with Gasteiger partial charge in [0.2, 0.25) is 5.91 Å². The Kier molecular flexibility index (Phi) is 7.33. The number of anilines is 5. The number of nitrogens with one attached hydrogen (secondary N) is 3. The van der Waals surface area contributed by atoms with Crippen LogP contribution in [0.2, 0.25) is 0 Å². The summed E-state index contributed by atoms with van der Waals surface area (Å²) in [7, 11) is 0. The predicted molar refractivity (Wildman–Crippen MR) is 151 cm³/mol. The van der Waals surface area contributed by atoms with Crippen LogP contribution in [0.4, 0.5) is 32.4 Å². The van der Waals surface area contributed by atoms with Gasteiger partial charge in [0.1, 0.15) is 17.4 Å². The quantitative estimate of drug-likeness (QED) is 0.241. The number of likely N-dealkylation sites (tertiary alicyclic amines) is 1. The second-order valence-electron chi connectivity index (χ2n) is 9.67. The van der Waals surface area contributed by atoms with E-state index in [9.17, 15) is 9.18 Å². The molecule has 5 aromatic rings. The summed E-state index contributed by atoms with van der Waals surface area (Å²) in [5, 5.41) is 14.4. The summed E-state index contributed by atoms with van der Waals surface area (Å²) in [6.07, 6.45) is 13.2. The van der Waals surface area contributed by atoms with Gasteiger partial charge in [-0.3, -0.25) is 23.8 Å². The normalized spacial score (nSPS) is 13.9. The molecular formula is C26H28FN11OS. The molecule has 14 heteroatoms. The van der Waals surface area contributed by atoms with Gasteiger partial charge in [0, 0.05) is 25.1 Å². The third-order valence-corrected chi connectivity index (χ3v) is 7.25. The van der Waals surface area contributed by atoms with Gasteiger partial charge in [-0.25, -0.2) is 14.4 Å². The number of pyridine rings is 1. The predicted octanol–water partition coefficient (Wildman–Crippen LogP) is 4.34. The molecule has 1 aliphatic heterocycles. The van der Waals surface area contributed by atoms with Crippen LogP contribution in [0.3, 0.4) is 0 Å². The zero-order valence-electron chi connectivity index (χ0n) is 21.8. The molecule has 6 rings (SSSR count). The van der Waals surface area contributed by atoms with Crippen molar-refractivity contribution in [2.24, 2.45) is 0 Å². The summed E-state index contributed by atoms with van der Waals surface area (Å²) in [4.78, 5) is 27.7. The maximum atomic E-state index is 13.8. The SMILES string of the molecule is Cc1cn2c(Nc3cnn(CC(=O)Nc4ccncc4F)c3)cnc2c(Nc2cc(CN3CCCCC3)ns2)n1. The Morgan fingerprint density at radius 1 is 1.12 bits per heavy atom. The fourth-order valence-electron chi connectivity index (χ4n) is 4.67. The van der Waals surface area contributed by atoms with E-state index < -0.39 is 11.7 Å². The Hall–Kier alpha value is -4.43. The Balaban J connectivity index is 1.13. The highest BCUT2D eigenvalue weighted by Crippen LogP contribution is 2.27. The second-order valence-corrected chi connectivity index (χ2v) is 10.5. The number of imidazole rings is 1. The minimum Gasteiger partial charge on any atom is -0.337 e. The summed E-state index contributed by atoms with van der Waals surface area (Å²) in [5.74, 6) is 0.339. The fraction of sp³-hybridized carbons (Fsp3) is 0.308. The lowest BCUT2D eigenvalue weighted by molar-refractivity contribution is -0.116. The summed E-state index contributed by atoms with van der Waals surface area (Å²) in [6.45, 7) is 4.96. The zero-order valence-corrected chi connectivity index (χ0v) is 22.7. The number of carbonyl (C=O) groups is 1. The van der Waals surface area contributed by atoms with Gasteiger partial charge in [0.15, 0.2) is 17.3 Å². The molecule has 40 heavy (non-hydrogen) atoms. The average molecular weight is 562 g/mol. The van der Waals surface area contributed by atoms with Gasteiger partial charge in [-0.05, 0) is 56.5 Å². The molecule has 6 heterocycles. The number of rotatable bonds is 9. The molecule has 0 bridgehead atoms. The minimum absolute atomic E-state index is 0.0705. The molecule has 12 nitrogen and oxygen atoms in total. The first-order valence-electron chi connectivity index (χ1n) is 13.0. The summed E-state index contributed by atoms with van der Waals surface area (Å²) < 4.78 is 21.8. The Labute approximate surface area is 233 Å². The molecule has 0 aromatic carbocycles. The molecule has 0 atom stereocenters. The van der Waals surface area contributed by atoms with Crippen molar-refractivity contribution in [1.29, 1.82) is 0 Å². The lowest BCUT2D eigenvalue weighted by atomic mass is 10.1. The van der Waals surface area contributed by atoms with Gasteiger partial charge in [-0.2, -0.15) is 9.47 Å². The van der Waals surface area contributed by atoms with Crippen molar-refractivity contribution in [3.8, 4) is 0 Å². The van der Waals surface area contributed by atoms with Crippen LogP contribution in [-0.2, 0) is 17.9 Å². The van der Waals surface area contributed by atoms with Gasteiger partial charge >= 0.3 is 0 Å². The van der Waals surface area contributed by atoms with Gasteiger partial charge in [0.25, 0.3) is 0 Å². The van der Waals surface area contributed by atoms with E-state index in [1.807, 2.05) is 17.5 Å². The van der Waals surface area contributed by atoms with Gasteiger partial charge in [0.05, 0.1) is 41.4 Å². The van der Waals surface area contributed by atoms with Crippen LogP contribution in [0.25, 0.3) is 5.65 Å². The molecule has 0 radical (unpaired) electrons. The average Bonchev–Trinajstić information content (AvgIpc) is 3.67. The first-order chi connectivity index (χ1) is 19.5. The first-order valence-corrected chi connectivity index (χ1v) is 13.8. The fourth-order valence-corrected chi connectivity index (χ4v) is 5.33. The third kappa shape index (κ3) is 5.92. The lowest BCUT2D eigenvalue weighted by Gasteiger charge is -2.25. The van der Waals surface area contributed by atoms with Crippen molar-refractivity contribution in [3.63, 3.8) is 0 Å². The minimum atomic E-state index is -0.599. The molecule has 3 N–H and O–H groups in total. The Bertz CT molecular complexity index is 1640. The molecule has 1 aliphatic rings. The highest BCUT2D eigenvalue weighted by atomic mass is 32.1. The van der Waals surface area contributed by atoms with Crippen LogP contribution >= 0.6 is 11.5 Å². The Morgan fingerprint density at radius 2 is 2.00 bits per heavy atom. The number of nitrogens with zero attached hydrogens (tertiary/aromatic N) is 8. The smallest absolute Gasteiger partial charge is 0.246 e. The van der Waals surface area contributed by atoms with Gasteiger partial charge < -0.3 is 16.0 Å². The first kappa shape index (κ1) is 25.8. The van der Waals surface area contributed by atoms with Crippen LogP contribution in [-0.4, -0.2) is 57.4 Å². The molecule has 0 saturated carbocycles. The second kappa shape index (κ2) is 11.4. The van der Waals surface area contributed by atoms with Crippen LogP contribution in [0.1, 0.15) is 30.7 Å². The zero-order chi connectivity index (χ0) is 27.5. The van der Waals surface area contributed by atoms with Gasteiger partial charge in [-0.1, -0.05) is 6.42 Å². The molecule has 0 spiro atoms. The van der Waals surface area contributed by atoms with E-state index in [2.05, 4.69) is 51.3 Å². The van der Waals surface area contributed by atoms with E-state index in [0.29, 0.717) is 23.0 Å². The third-order valence-electron chi connectivity index (χ3n) is 6.51. The number of carbonyl (C=O) groups excluding carboxylic acids is 1. The summed E-state index contributed by atoms with van der Waals surface area (Å²) >= 11 is 1.42. The van der Waals surface area contributed by atoms with Crippen LogP contribution in [0.5, 0.6) is 0 Å². The van der Waals surface area contributed by atoms with E-state index in [1.54, 1.807) is 18.6 Å².